The monoisotopic (exact) mass is 462 g/mol. The van der Waals surface area contributed by atoms with Gasteiger partial charge in [0.15, 0.2) is 0 Å². The third-order valence-electron chi connectivity index (χ3n) is 5.65. The first-order chi connectivity index (χ1) is 16.0. The SMILES string of the molecule is CCCCOc1ccc(C(O)=C2C(=O)C(=O)N(Cc3cccnc3)C2c2cccs2)c(C)c1. The number of hydrogen-bond donors (Lipinski definition) is 1. The molecule has 1 saturated heterocycles. The zero-order valence-electron chi connectivity index (χ0n) is 18.7. The molecule has 33 heavy (non-hydrogen) atoms. The molecule has 4 rings (SSSR count). The van der Waals surface area contributed by atoms with E-state index in [0.717, 1.165) is 28.8 Å². The molecule has 0 saturated carbocycles. The highest BCUT2D eigenvalue weighted by Gasteiger charge is 2.46. The number of Topliss-reactive ketones (excluding diaryl/α,β-unsaturated/α-hetero) is 1. The van der Waals surface area contributed by atoms with Crippen LogP contribution in [0.4, 0.5) is 0 Å². The lowest BCUT2D eigenvalue weighted by atomic mass is 9.97. The van der Waals surface area contributed by atoms with Gasteiger partial charge in [0.1, 0.15) is 11.5 Å². The van der Waals surface area contributed by atoms with Gasteiger partial charge < -0.3 is 14.7 Å². The van der Waals surface area contributed by atoms with E-state index < -0.39 is 17.7 Å². The lowest BCUT2D eigenvalue weighted by Crippen LogP contribution is -2.28. The molecular formula is C26H26N2O4S. The predicted molar refractivity (Wildman–Crippen MR) is 128 cm³/mol. The highest BCUT2D eigenvalue weighted by atomic mass is 32.1. The molecular weight excluding hydrogens is 436 g/mol. The van der Waals surface area contributed by atoms with Crippen molar-refractivity contribution in [2.24, 2.45) is 0 Å². The number of ether oxygens (including phenoxy) is 1. The molecule has 1 aliphatic rings. The molecule has 0 radical (unpaired) electrons. The Hall–Kier alpha value is -3.45. The van der Waals surface area contributed by atoms with E-state index in [9.17, 15) is 14.7 Å². The van der Waals surface area contributed by atoms with Crippen LogP contribution in [0.3, 0.4) is 0 Å². The molecule has 1 fully saturated rings. The van der Waals surface area contributed by atoms with E-state index >= 15 is 0 Å². The van der Waals surface area contributed by atoms with E-state index in [4.69, 9.17) is 4.74 Å². The minimum atomic E-state index is -0.683. The topological polar surface area (TPSA) is 79.7 Å². The van der Waals surface area contributed by atoms with Crippen LogP contribution in [0.15, 0.2) is 65.8 Å². The first-order valence-electron chi connectivity index (χ1n) is 11.0. The summed E-state index contributed by atoms with van der Waals surface area (Å²) in [7, 11) is 0. The third-order valence-corrected chi connectivity index (χ3v) is 6.57. The molecule has 1 N–H and O–H groups in total. The summed E-state index contributed by atoms with van der Waals surface area (Å²) in [6, 6.07) is 12.1. The summed E-state index contributed by atoms with van der Waals surface area (Å²) in [5.74, 6) is -0.768. The highest BCUT2D eigenvalue weighted by Crippen LogP contribution is 2.42. The molecule has 1 aliphatic heterocycles. The summed E-state index contributed by atoms with van der Waals surface area (Å²) in [6.07, 6.45) is 5.33. The van der Waals surface area contributed by atoms with Gasteiger partial charge in [0, 0.05) is 29.4 Å². The maximum Gasteiger partial charge on any atom is 0.295 e. The van der Waals surface area contributed by atoms with Crippen molar-refractivity contribution in [2.75, 3.05) is 6.61 Å². The number of carbonyl (C=O) groups is 2. The van der Waals surface area contributed by atoms with E-state index in [1.165, 1.54) is 16.2 Å². The van der Waals surface area contributed by atoms with Crippen LogP contribution in [-0.4, -0.2) is 33.3 Å². The number of unbranched alkanes of at least 4 members (excludes halogenated alkanes) is 1. The van der Waals surface area contributed by atoms with E-state index in [-0.39, 0.29) is 17.9 Å². The lowest BCUT2D eigenvalue weighted by Gasteiger charge is -2.24. The number of nitrogens with zero attached hydrogens (tertiary/aromatic N) is 2. The van der Waals surface area contributed by atoms with Gasteiger partial charge in [-0.3, -0.25) is 14.6 Å². The maximum absolute atomic E-state index is 13.1. The fraction of sp³-hybridized carbons (Fsp3) is 0.269. The molecule has 0 bridgehead atoms. The van der Waals surface area contributed by atoms with Gasteiger partial charge in [-0.15, -0.1) is 11.3 Å². The molecule has 6 nitrogen and oxygen atoms in total. The number of likely N-dealkylation sites (tertiary alicyclic amines) is 1. The number of pyridine rings is 1. The second kappa shape index (κ2) is 10.0. The van der Waals surface area contributed by atoms with Gasteiger partial charge in [0.2, 0.25) is 0 Å². The number of aromatic nitrogens is 1. The lowest BCUT2D eigenvalue weighted by molar-refractivity contribution is -0.140. The Morgan fingerprint density at radius 3 is 2.73 bits per heavy atom. The summed E-state index contributed by atoms with van der Waals surface area (Å²) in [5.41, 5.74) is 2.20. The van der Waals surface area contributed by atoms with Crippen LogP contribution in [0.5, 0.6) is 5.75 Å². The first kappa shape index (κ1) is 22.7. The molecule has 0 aliphatic carbocycles. The zero-order valence-corrected chi connectivity index (χ0v) is 19.5. The smallest absolute Gasteiger partial charge is 0.295 e. The van der Waals surface area contributed by atoms with Crippen molar-refractivity contribution in [3.05, 3.63) is 87.4 Å². The van der Waals surface area contributed by atoms with Gasteiger partial charge in [0.05, 0.1) is 18.2 Å². The van der Waals surface area contributed by atoms with E-state index in [1.807, 2.05) is 36.6 Å². The molecule has 7 heteroatoms. The number of benzene rings is 1. The van der Waals surface area contributed by atoms with Gasteiger partial charge in [0.25, 0.3) is 11.7 Å². The Balaban J connectivity index is 1.74. The number of hydrogen-bond acceptors (Lipinski definition) is 6. The fourth-order valence-electron chi connectivity index (χ4n) is 3.95. The highest BCUT2D eigenvalue weighted by molar-refractivity contribution is 7.10. The zero-order chi connectivity index (χ0) is 23.4. The number of amides is 1. The van der Waals surface area contributed by atoms with Crippen LogP contribution < -0.4 is 4.74 Å². The van der Waals surface area contributed by atoms with Crippen LogP contribution >= 0.6 is 11.3 Å². The maximum atomic E-state index is 13.1. The van der Waals surface area contributed by atoms with Gasteiger partial charge in [-0.05, 0) is 60.2 Å². The summed E-state index contributed by atoms with van der Waals surface area (Å²) < 4.78 is 5.76. The van der Waals surface area contributed by atoms with Crippen molar-refractivity contribution < 1.29 is 19.4 Å². The molecule has 1 amide bonds. The number of aliphatic hydroxyl groups is 1. The third kappa shape index (κ3) is 4.68. The quantitative estimate of drug-likeness (QED) is 0.214. The fourth-order valence-corrected chi connectivity index (χ4v) is 4.79. The molecule has 170 valence electrons. The number of rotatable bonds is 8. The van der Waals surface area contributed by atoms with Crippen molar-refractivity contribution in [1.29, 1.82) is 0 Å². The van der Waals surface area contributed by atoms with Crippen molar-refractivity contribution in [1.82, 2.24) is 9.88 Å². The van der Waals surface area contributed by atoms with Gasteiger partial charge in [-0.25, -0.2) is 0 Å². The van der Waals surface area contributed by atoms with Gasteiger partial charge in [-0.2, -0.15) is 0 Å². The summed E-state index contributed by atoms with van der Waals surface area (Å²) in [5, 5.41) is 13.2. The Kier molecular flexibility index (Phi) is 6.89. The second-order valence-corrected chi connectivity index (χ2v) is 8.96. The molecule has 2 aromatic heterocycles. The Bertz CT molecular complexity index is 1170. The van der Waals surface area contributed by atoms with Crippen LogP contribution in [0, 0.1) is 6.92 Å². The second-order valence-electron chi connectivity index (χ2n) is 7.98. The Morgan fingerprint density at radius 1 is 1.21 bits per heavy atom. The van der Waals surface area contributed by atoms with E-state index in [0.29, 0.717) is 17.9 Å². The number of aliphatic hydroxyl groups excluding tert-OH is 1. The molecule has 1 aromatic carbocycles. The minimum absolute atomic E-state index is 0.106. The Labute approximate surface area is 197 Å². The summed E-state index contributed by atoms with van der Waals surface area (Å²) in [6.45, 7) is 4.80. The molecule has 1 unspecified atom stereocenters. The number of thiophene rings is 1. The minimum Gasteiger partial charge on any atom is -0.507 e. The molecule has 1 atom stereocenters. The van der Waals surface area contributed by atoms with E-state index in [1.54, 1.807) is 30.6 Å². The van der Waals surface area contributed by atoms with Gasteiger partial charge in [-0.1, -0.05) is 25.5 Å². The van der Waals surface area contributed by atoms with Crippen LogP contribution in [0.2, 0.25) is 0 Å². The Morgan fingerprint density at radius 2 is 2.06 bits per heavy atom. The van der Waals surface area contributed by atoms with Gasteiger partial charge >= 0.3 is 0 Å². The average molecular weight is 463 g/mol. The van der Waals surface area contributed by atoms with Crippen molar-refractivity contribution in [3.8, 4) is 5.75 Å². The molecule has 3 aromatic rings. The number of ketones is 1. The van der Waals surface area contributed by atoms with Crippen molar-refractivity contribution in [2.45, 2.75) is 39.3 Å². The van der Waals surface area contributed by atoms with Crippen LogP contribution in [0.1, 0.15) is 47.4 Å². The number of aryl methyl sites for hydroxylation is 1. The van der Waals surface area contributed by atoms with Crippen LogP contribution in [0.25, 0.3) is 5.76 Å². The molecule has 0 spiro atoms. The number of carbonyl (C=O) groups excluding carboxylic acids is 2. The van der Waals surface area contributed by atoms with E-state index in [2.05, 4.69) is 11.9 Å². The first-order valence-corrected chi connectivity index (χ1v) is 11.8. The van der Waals surface area contributed by atoms with Crippen molar-refractivity contribution >= 4 is 28.8 Å². The summed E-state index contributed by atoms with van der Waals surface area (Å²) >= 11 is 1.45. The predicted octanol–water partition coefficient (Wildman–Crippen LogP) is 5.25. The standard InChI is InChI=1S/C26H26N2O4S/c1-3-4-12-32-19-9-10-20(17(2)14-19)24(29)22-23(21-8-6-13-33-21)28(26(31)25(22)30)16-18-7-5-11-27-15-18/h5-11,13-15,23,29H,3-4,12,16H2,1-2H3. The normalized spacial score (nSPS) is 17.5. The average Bonchev–Trinajstić information content (AvgIpc) is 3.42. The molecule has 3 heterocycles. The van der Waals surface area contributed by atoms with Crippen LogP contribution in [-0.2, 0) is 16.1 Å². The summed E-state index contributed by atoms with van der Waals surface area (Å²) in [4.78, 5) is 32.6. The van der Waals surface area contributed by atoms with Crippen molar-refractivity contribution in [3.63, 3.8) is 0 Å². The largest absolute Gasteiger partial charge is 0.507 e.